The normalized spacial score (nSPS) is 11.0. The Morgan fingerprint density at radius 3 is 2.68 bits per heavy atom. The first-order chi connectivity index (χ1) is 13.6. The van der Waals surface area contributed by atoms with E-state index in [9.17, 15) is 13.6 Å². The molecule has 0 aliphatic carbocycles. The lowest BCUT2D eigenvalue weighted by Gasteiger charge is -2.04. The zero-order valence-corrected chi connectivity index (χ0v) is 15.0. The number of hydrogen-bond donors (Lipinski definition) is 1. The van der Waals surface area contributed by atoms with E-state index in [1.54, 1.807) is 42.6 Å². The van der Waals surface area contributed by atoms with Crippen molar-refractivity contribution in [3.63, 3.8) is 0 Å². The van der Waals surface area contributed by atoms with Crippen LogP contribution in [0.25, 0.3) is 21.5 Å². The molecule has 1 amide bonds. The number of nitrogens with zero attached hydrogens (tertiary/aromatic N) is 3. The summed E-state index contributed by atoms with van der Waals surface area (Å²) in [6.07, 6.45) is 1.69. The van der Waals surface area contributed by atoms with Gasteiger partial charge in [-0.15, -0.1) is 10.2 Å². The molecule has 140 valence electrons. The van der Waals surface area contributed by atoms with E-state index in [0.717, 1.165) is 10.9 Å². The van der Waals surface area contributed by atoms with Crippen LogP contribution >= 0.6 is 11.3 Å². The molecular weight excluding hydrogens is 386 g/mol. The molecule has 0 spiro atoms. The number of fused-ring (bicyclic) bond motifs is 1. The van der Waals surface area contributed by atoms with Crippen LogP contribution in [0.1, 0.15) is 10.4 Å². The summed E-state index contributed by atoms with van der Waals surface area (Å²) in [5.41, 5.74) is 1.96. The first-order valence-corrected chi connectivity index (χ1v) is 8.95. The fourth-order valence-electron chi connectivity index (χ4n) is 2.56. The minimum Gasteiger partial charge on any atom is -0.435 e. The first kappa shape index (κ1) is 17.9. The van der Waals surface area contributed by atoms with Crippen LogP contribution in [0.2, 0.25) is 0 Å². The van der Waals surface area contributed by atoms with Crippen molar-refractivity contribution in [3.05, 3.63) is 66.4 Å². The quantitative estimate of drug-likeness (QED) is 0.531. The smallest absolute Gasteiger partial charge is 0.387 e. The molecule has 4 aromatic rings. The van der Waals surface area contributed by atoms with Gasteiger partial charge in [-0.05, 0) is 48.5 Å². The van der Waals surface area contributed by atoms with Gasteiger partial charge in [-0.3, -0.25) is 15.1 Å². The second-order valence-electron chi connectivity index (χ2n) is 5.68. The van der Waals surface area contributed by atoms with Gasteiger partial charge in [0.25, 0.3) is 5.91 Å². The van der Waals surface area contributed by atoms with Gasteiger partial charge in [0.05, 0.1) is 5.52 Å². The summed E-state index contributed by atoms with van der Waals surface area (Å²) in [7, 11) is 0. The Kier molecular flexibility index (Phi) is 4.90. The molecule has 0 atom stereocenters. The third-order valence-corrected chi connectivity index (χ3v) is 4.72. The molecule has 0 saturated heterocycles. The van der Waals surface area contributed by atoms with Crippen LogP contribution in [-0.4, -0.2) is 27.7 Å². The number of alkyl halides is 2. The molecule has 0 radical (unpaired) electrons. The van der Waals surface area contributed by atoms with Crippen molar-refractivity contribution >= 4 is 33.3 Å². The maximum atomic E-state index is 12.5. The maximum Gasteiger partial charge on any atom is 0.387 e. The zero-order valence-electron chi connectivity index (χ0n) is 14.2. The number of halogens is 2. The topological polar surface area (TPSA) is 77.0 Å². The molecule has 0 aliphatic heterocycles. The Bertz CT molecular complexity index is 1130. The van der Waals surface area contributed by atoms with E-state index < -0.39 is 6.61 Å². The molecule has 4 rings (SSSR count). The Hall–Kier alpha value is -3.46. The van der Waals surface area contributed by atoms with E-state index in [-0.39, 0.29) is 11.7 Å². The highest BCUT2D eigenvalue weighted by molar-refractivity contribution is 7.18. The number of aromatic nitrogens is 3. The molecule has 0 bridgehead atoms. The summed E-state index contributed by atoms with van der Waals surface area (Å²) in [6, 6.07) is 14.9. The average Bonchev–Trinajstić information content (AvgIpc) is 3.16. The average molecular weight is 398 g/mol. The second-order valence-corrected chi connectivity index (χ2v) is 6.66. The number of hydrogen-bond acceptors (Lipinski definition) is 6. The number of anilines is 1. The van der Waals surface area contributed by atoms with Crippen molar-refractivity contribution < 1.29 is 18.3 Å². The van der Waals surface area contributed by atoms with E-state index in [0.29, 0.717) is 21.3 Å². The summed E-state index contributed by atoms with van der Waals surface area (Å²) in [5.74, 6) is -0.253. The van der Waals surface area contributed by atoms with E-state index in [1.807, 2.05) is 6.07 Å². The van der Waals surface area contributed by atoms with Crippen LogP contribution < -0.4 is 10.1 Å². The molecule has 0 fully saturated rings. The van der Waals surface area contributed by atoms with Gasteiger partial charge in [-0.2, -0.15) is 8.78 Å². The van der Waals surface area contributed by atoms with Crippen LogP contribution in [0.4, 0.5) is 13.9 Å². The maximum absolute atomic E-state index is 12.5. The highest BCUT2D eigenvalue weighted by Gasteiger charge is 2.12. The van der Waals surface area contributed by atoms with E-state index in [2.05, 4.69) is 25.2 Å². The molecule has 6 nitrogen and oxygen atoms in total. The predicted molar refractivity (Wildman–Crippen MR) is 102 cm³/mol. The summed E-state index contributed by atoms with van der Waals surface area (Å²) in [5, 5.41) is 12.4. The van der Waals surface area contributed by atoms with Crippen molar-refractivity contribution in [2.24, 2.45) is 0 Å². The minimum absolute atomic E-state index is 0.0579. The number of rotatable bonds is 5. The molecule has 28 heavy (non-hydrogen) atoms. The molecule has 0 aliphatic rings. The highest BCUT2D eigenvalue weighted by Crippen LogP contribution is 2.28. The van der Waals surface area contributed by atoms with Gasteiger partial charge in [0.15, 0.2) is 0 Å². The van der Waals surface area contributed by atoms with Gasteiger partial charge in [-0.25, -0.2) is 0 Å². The molecule has 9 heteroatoms. The van der Waals surface area contributed by atoms with Gasteiger partial charge in [0.2, 0.25) is 5.13 Å². The molecule has 0 unspecified atom stereocenters. The second kappa shape index (κ2) is 7.65. The number of ether oxygens (including phenoxy) is 1. The largest absolute Gasteiger partial charge is 0.435 e. The van der Waals surface area contributed by atoms with Crippen LogP contribution in [0.15, 0.2) is 60.8 Å². The Labute approximate surface area is 161 Å². The molecular formula is C19H12F2N4O2S. The number of nitrogens with one attached hydrogen (secondary N) is 1. The summed E-state index contributed by atoms with van der Waals surface area (Å²) in [4.78, 5) is 16.7. The number of pyridine rings is 1. The first-order valence-electron chi connectivity index (χ1n) is 8.13. The predicted octanol–water partition coefficient (Wildman–Crippen LogP) is 4.61. The van der Waals surface area contributed by atoms with Crippen LogP contribution in [0.3, 0.4) is 0 Å². The molecule has 2 aromatic heterocycles. The van der Waals surface area contributed by atoms with Crippen molar-refractivity contribution in [3.8, 4) is 16.3 Å². The monoisotopic (exact) mass is 398 g/mol. The van der Waals surface area contributed by atoms with Gasteiger partial charge in [-0.1, -0.05) is 17.4 Å². The lowest BCUT2D eigenvalue weighted by molar-refractivity contribution is -0.0498. The van der Waals surface area contributed by atoms with Gasteiger partial charge in [0.1, 0.15) is 10.8 Å². The van der Waals surface area contributed by atoms with E-state index >= 15 is 0 Å². The van der Waals surface area contributed by atoms with Crippen molar-refractivity contribution in [1.29, 1.82) is 0 Å². The number of benzene rings is 2. The Balaban J connectivity index is 1.48. The zero-order chi connectivity index (χ0) is 19.5. The lowest BCUT2D eigenvalue weighted by Crippen LogP contribution is -2.11. The van der Waals surface area contributed by atoms with E-state index in [1.165, 1.54) is 23.5 Å². The van der Waals surface area contributed by atoms with Crippen LogP contribution in [0, 0.1) is 0 Å². The van der Waals surface area contributed by atoms with Crippen molar-refractivity contribution in [2.45, 2.75) is 6.61 Å². The molecule has 2 aromatic carbocycles. The fourth-order valence-corrected chi connectivity index (χ4v) is 3.30. The summed E-state index contributed by atoms with van der Waals surface area (Å²) < 4.78 is 28.7. The van der Waals surface area contributed by atoms with Crippen LogP contribution in [-0.2, 0) is 0 Å². The standard InChI is InChI=1S/C19H12F2N4O2S/c20-18(21)27-14-6-3-11(4-7-14)17-24-25-19(28-17)23-16(26)13-5-8-15-12(10-13)2-1-9-22-15/h1-10,18H,(H,23,25,26). The highest BCUT2D eigenvalue weighted by atomic mass is 32.1. The number of carbonyl (C=O) groups excluding carboxylic acids is 1. The lowest BCUT2D eigenvalue weighted by atomic mass is 10.1. The third-order valence-electron chi connectivity index (χ3n) is 3.84. The SMILES string of the molecule is O=C(Nc1nnc(-c2ccc(OC(F)F)cc2)s1)c1ccc2ncccc2c1. The minimum atomic E-state index is -2.87. The molecule has 1 N–H and O–H groups in total. The molecule has 0 saturated carbocycles. The Morgan fingerprint density at radius 2 is 1.89 bits per heavy atom. The Morgan fingerprint density at radius 1 is 1.07 bits per heavy atom. The summed E-state index contributed by atoms with van der Waals surface area (Å²) in [6.45, 7) is -2.87. The van der Waals surface area contributed by atoms with E-state index in [4.69, 9.17) is 0 Å². The van der Waals surface area contributed by atoms with Crippen LogP contribution in [0.5, 0.6) is 5.75 Å². The number of amides is 1. The fraction of sp³-hybridized carbons (Fsp3) is 0.0526. The molecule has 2 heterocycles. The van der Waals surface area contributed by atoms with Gasteiger partial charge >= 0.3 is 6.61 Å². The third kappa shape index (κ3) is 3.94. The van der Waals surface area contributed by atoms with Gasteiger partial charge < -0.3 is 4.74 Å². The summed E-state index contributed by atoms with van der Waals surface area (Å²) >= 11 is 1.18. The van der Waals surface area contributed by atoms with Gasteiger partial charge in [0, 0.05) is 22.7 Å². The number of carbonyl (C=O) groups is 1. The van der Waals surface area contributed by atoms with Crippen molar-refractivity contribution in [1.82, 2.24) is 15.2 Å². The van der Waals surface area contributed by atoms with Crippen molar-refractivity contribution in [2.75, 3.05) is 5.32 Å².